The normalized spacial score (nSPS) is 20.8. The topological polar surface area (TPSA) is 73.0 Å². The van der Waals surface area contributed by atoms with Crippen LogP contribution in [0.3, 0.4) is 0 Å². The molecule has 128 valence electrons. The third kappa shape index (κ3) is 3.51. The predicted molar refractivity (Wildman–Crippen MR) is 94.8 cm³/mol. The molecular formula is C17H25N7. The van der Waals surface area contributed by atoms with Crippen LogP contribution in [0.4, 0.5) is 17.6 Å². The minimum absolute atomic E-state index is 0.673. The highest BCUT2D eigenvalue weighted by Crippen LogP contribution is 2.39. The lowest BCUT2D eigenvalue weighted by atomic mass is 10.1. The van der Waals surface area contributed by atoms with Crippen molar-refractivity contribution in [2.75, 3.05) is 43.9 Å². The molecule has 2 N–H and O–H groups in total. The molecule has 0 amide bonds. The van der Waals surface area contributed by atoms with Crippen molar-refractivity contribution in [2.45, 2.75) is 25.2 Å². The van der Waals surface area contributed by atoms with Crippen LogP contribution in [0.5, 0.6) is 0 Å². The van der Waals surface area contributed by atoms with Crippen LogP contribution in [0.25, 0.3) is 0 Å². The van der Waals surface area contributed by atoms with Crippen LogP contribution in [0.1, 0.15) is 30.9 Å². The van der Waals surface area contributed by atoms with Crippen molar-refractivity contribution < 1.29 is 0 Å². The Kier molecular flexibility index (Phi) is 4.10. The molecule has 0 spiro atoms. The molecule has 1 unspecified atom stereocenters. The second-order valence-electron chi connectivity index (χ2n) is 7.21. The maximum atomic E-state index is 4.67. The summed E-state index contributed by atoms with van der Waals surface area (Å²) in [7, 11) is 4.26. The van der Waals surface area contributed by atoms with Crippen molar-refractivity contribution in [3.05, 3.63) is 24.0 Å². The molecule has 0 bridgehead atoms. The van der Waals surface area contributed by atoms with Crippen LogP contribution >= 0.6 is 0 Å². The second kappa shape index (κ2) is 6.39. The molecule has 2 aromatic heterocycles. The van der Waals surface area contributed by atoms with Crippen LogP contribution < -0.4 is 10.2 Å². The Hall–Kier alpha value is -2.15. The Morgan fingerprint density at radius 1 is 1.29 bits per heavy atom. The summed E-state index contributed by atoms with van der Waals surface area (Å²) in [5.41, 5.74) is 1.22. The molecule has 0 aromatic carbocycles. The van der Waals surface area contributed by atoms with E-state index in [0.29, 0.717) is 11.8 Å². The monoisotopic (exact) mass is 327 g/mol. The highest BCUT2D eigenvalue weighted by molar-refractivity contribution is 5.53. The Labute approximate surface area is 142 Å². The molecule has 1 atom stereocenters. The van der Waals surface area contributed by atoms with Crippen molar-refractivity contribution >= 4 is 17.6 Å². The van der Waals surface area contributed by atoms with Gasteiger partial charge in [0.05, 0.1) is 0 Å². The van der Waals surface area contributed by atoms with E-state index in [2.05, 4.69) is 55.4 Å². The largest absolute Gasteiger partial charge is 0.340 e. The second-order valence-corrected chi connectivity index (χ2v) is 7.21. The van der Waals surface area contributed by atoms with Gasteiger partial charge < -0.3 is 15.1 Å². The minimum Gasteiger partial charge on any atom is -0.340 e. The summed E-state index contributed by atoms with van der Waals surface area (Å²) in [6.45, 7) is 3.16. The molecule has 24 heavy (non-hydrogen) atoms. The lowest BCUT2D eigenvalue weighted by molar-refractivity contribution is 0.340. The third-order valence-electron chi connectivity index (χ3n) is 4.71. The summed E-state index contributed by atoms with van der Waals surface area (Å²) < 4.78 is 0. The quantitative estimate of drug-likeness (QED) is 0.847. The van der Waals surface area contributed by atoms with E-state index in [1.54, 1.807) is 0 Å². The van der Waals surface area contributed by atoms with Gasteiger partial charge in [0.2, 0.25) is 5.95 Å². The number of hydrogen-bond acceptors (Lipinski definition) is 6. The number of nitrogens with one attached hydrogen (secondary N) is 2. The maximum absolute atomic E-state index is 4.67. The first-order valence-electron chi connectivity index (χ1n) is 8.72. The van der Waals surface area contributed by atoms with Crippen molar-refractivity contribution in [2.24, 2.45) is 5.92 Å². The van der Waals surface area contributed by atoms with E-state index in [4.69, 9.17) is 0 Å². The van der Waals surface area contributed by atoms with Crippen LogP contribution in [0, 0.1) is 5.92 Å². The first-order chi connectivity index (χ1) is 11.7. The van der Waals surface area contributed by atoms with Gasteiger partial charge in [0.15, 0.2) is 5.82 Å². The molecule has 3 heterocycles. The number of hydrogen-bond donors (Lipinski definition) is 2. The highest BCUT2D eigenvalue weighted by atomic mass is 15.3. The van der Waals surface area contributed by atoms with Gasteiger partial charge in [-0.3, -0.25) is 5.10 Å². The molecule has 7 nitrogen and oxygen atoms in total. The van der Waals surface area contributed by atoms with Gasteiger partial charge in [-0.25, -0.2) is 4.98 Å². The van der Waals surface area contributed by atoms with E-state index < -0.39 is 0 Å². The van der Waals surface area contributed by atoms with E-state index in [0.717, 1.165) is 37.2 Å². The molecule has 1 saturated carbocycles. The first-order valence-corrected chi connectivity index (χ1v) is 8.72. The van der Waals surface area contributed by atoms with Crippen LogP contribution in [0.2, 0.25) is 0 Å². The molecule has 7 heteroatoms. The molecule has 4 rings (SSSR count). The number of rotatable bonds is 6. The number of H-pyrrole nitrogens is 1. The molecule has 1 aliphatic heterocycles. The fourth-order valence-corrected chi connectivity index (χ4v) is 3.39. The van der Waals surface area contributed by atoms with Crippen molar-refractivity contribution in [1.82, 2.24) is 25.1 Å². The summed E-state index contributed by atoms with van der Waals surface area (Å²) in [4.78, 5) is 13.7. The predicted octanol–water partition coefficient (Wildman–Crippen LogP) is 2.21. The third-order valence-corrected chi connectivity index (χ3v) is 4.71. The smallest absolute Gasteiger partial charge is 0.227 e. The molecule has 2 aliphatic rings. The summed E-state index contributed by atoms with van der Waals surface area (Å²) in [6.07, 6.45) is 5.55. The number of nitrogens with zero attached hydrogens (tertiary/aromatic N) is 5. The average Bonchev–Trinajstić information content (AvgIpc) is 3.13. The van der Waals surface area contributed by atoms with Gasteiger partial charge in [-0.05, 0) is 45.3 Å². The Morgan fingerprint density at radius 3 is 2.96 bits per heavy atom. The van der Waals surface area contributed by atoms with Gasteiger partial charge >= 0.3 is 0 Å². The molecule has 2 fully saturated rings. The summed E-state index contributed by atoms with van der Waals surface area (Å²) in [6, 6.07) is 3.98. The Balaban J connectivity index is 1.41. The number of aromatic nitrogens is 4. The zero-order valence-corrected chi connectivity index (χ0v) is 14.4. The van der Waals surface area contributed by atoms with E-state index in [9.17, 15) is 0 Å². The van der Waals surface area contributed by atoms with E-state index >= 15 is 0 Å². The van der Waals surface area contributed by atoms with Crippen LogP contribution in [0.15, 0.2) is 18.3 Å². The van der Waals surface area contributed by atoms with Crippen molar-refractivity contribution in [3.8, 4) is 0 Å². The van der Waals surface area contributed by atoms with Gasteiger partial charge in [-0.2, -0.15) is 10.1 Å². The van der Waals surface area contributed by atoms with Crippen LogP contribution in [-0.2, 0) is 0 Å². The molecule has 1 aliphatic carbocycles. The zero-order valence-electron chi connectivity index (χ0n) is 14.4. The van der Waals surface area contributed by atoms with Gasteiger partial charge in [0.1, 0.15) is 5.82 Å². The van der Waals surface area contributed by atoms with E-state index in [1.165, 1.54) is 25.0 Å². The fourth-order valence-electron chi connectivity index (χ4n) is 3.39. The molecular weight excluding hydrogens is 302 g/mol. The van der Waals surface area contributed by atoms with E-state index in [1.807, 2.05) is 12.3 Å². The van der Waals surface area contributed by atoms with Gasteiger partial charge in [-0.1, -0.05) is 0 Å². The van der Waals surface area contributed by atoms with E-state index in [-0.39, 0.29) is 0 Å². The van der Waals surface area contributed by atoms with Gasteiger partial charge in [-0.15, -0.1) is 0 Å². The van der Waals surface area contributed by atoms with Crippen molar-refractivity contribution in [1.29, 1.82) is 0 Å². The number of anilines is 3. The summed E-state index contributed by atoms with van der Waals surface area (Å²) in [5.74, 6) is 3.79. The Bertz CT molecular complexity index is 692. The lowest BCUT2D eigenvalue weighted by Gasteiger charge is -2.18. The highest BCUT2D eigenvalue weighted by Gasteiger charge is 2.26. The average molecular weight is 327 g/mol. The molecule has 0 radical (unpaired) electrons. The summed E-state index contributed by atoms with van der Waals surface area (Å²) >= 11 is 0. The fraction of sp³-hybridized carbons (Fsp3) is 0.588. The SMILES string of the molecule is CN(C)CC1CCN(c2nccc(Nc3cc(C4CC4)[nH]n3)n2)C1. The zero-order chi connectivity index (χ0) is 16.5. The molecule has 1 saturated heterocycles. The Morgan fingerprint density at radius 2 is 2.17 bits per heavy atom. The van der Waals surface area contributed by atoms with Gasteiger partial charge in [0.25, 0.3) is 0 Å². The standard InChI is InChI=1S/C17H25N7/c1-23(2)10-12-6-8-24(11-12)17-18-7-5-15(20-17)19-16-9-14(21-22-16)13-3-4-13/h5,7,9,12-13H,3-4,6,8,10-11H2,1-2H3,(H2,18,19,20,21,22). The van der Waals surface area contributed by atoms with Crippen molar-refractivity contribution in [3.63, 3.8) is 0 Å². The minimum atomic E-state index is 0.673. The van der Waals surface area contributed by atoms with Gasteiger partial charge in [0, 0.05) is 43.5 Å². The lowest BCUT2D eigenvalue weighted by Crippen LogP contribution is -2.26. The maximum Gasteiger partial charge on any atom is 0.227 e. The molecule has 2 aromatic rings. The first kappa shape index (κ1) is 15.4. The number of aromatic amines is 1. The van der Waals surface area contributed by atoms with Crippen LogP contribution in [-0.4, -0.2) is 58.8 Å². The summed E-state index contributed by atoms with van der Waals surface area (Å²) in [5, 5.41) is 10.7.